The quantitative estimate of drug-likeness (QED) is 0.362. The van der Waals surface area contributed by atoms with Crippen LogP contribution in [0.1, 0.15) is 58.5 Å². The van der Waals surface area contributed by atoms with Crippen molar-refractivity contribution in [2.45, 2.75) is 50.7 Å². The first kappa shape index (κ1) is 25.2. The van der Waals surface area contributed by atoms with E-state index in [0.29, 0.717) is 46.9 Å². The highest BCUT2D eigenvalue weighted by atomic mass is 32.2. The number of thiocarbonyl (C=S) groups is 1. The molecule has 2 aromatic rings. The summed E-state index contributed by atoms with van der Waals surface area (Å²) in [5.41, 5.74) is 1.16. The number of nitrogens with zero attached hydrogens (tertiary/aromatic N) is 2. The number of cyclic esters (lactones) is 1. The molecule has 0 saturated heterocycles. The number of benzene rings is 1. The van der Waals surface area contributed by atoms with Gasteiger partial charge < -0.3 is 34.6 Å². The number of phenolic OH excluding ortho intramolecular Hbond substituents is 1. The van der Waals surface area contributed by atoms with Crippen molar-refractivity contribution in [3.05, 3.63) is 34.5 Å². The summed E-state index contributed by atoms with van der Waals surface area (Å²) in [6.07, 6.45) is 0.777. The molecule has 2 heterocycles. The third-order valence-electron chi connectivity index (χ3n) is 5.24. The number of hydrogen-bond donors (Lipinski definition) is 4. The van der Waals surface area contributed by atoms with E-state index in [0.717, 1.165) is 0 Å². The summed E-state index contributed by atoms with van der Waals surface area (Å²) in [6.45, 7) is 1.04. The molecule has 0 unspecified atom stereocenters. The highest BCUT2D eigenvalue weighted by Crippen LogP contribution is 2.36. The lowest BCUT2D eigenvalue weighted by atomic mass is 10.0. The molecule has 0 fully saturated rings. The molecule has 3 rings (SSSR count). The number of phenols is 1. The first-order chi connectivity index (χ1) is 15.9. The van der Waals surface area contributed by atoms with E-state index >= 15 is 0 Å². The van der Waals surface area contributed by atoms with Crippen molar-refractivity contribution >= 4 is 34.9 Å². The van der Waals surface area contributed by atoms with Crippen molar-refractivity contribution in [2.75, 3.05) is 19.5 Å². The lowest BCUT2D eigenvalue weighted by Crippen LogP contribution is -2.30. The highest BCUT2D eigenvalue weighted by Gasteiger charge is 2.27. The summed E-state index contributed by atoms with van der Waals surface area (Å²) < 4.78 is 16.1. The van der Waals surface area contributed by atoms with Crippen molar-refractivity contribution in [2.24, 2.45) is 0 Å². The van der Waals surface area contributed by atoms with Gasteiger partial charge >= 0.3 is 5.97 Å². The average Bonchev–Trinajstić information content (AvgIpc) is 3.28. The van der Waals surface area contributed by atoms with Gasteiger partial charge in [0.15, 0.2) is 5.82 Å². The number of aromatic hydroxyl groups is 1. The number of rotatable bonds is 4. The number of thioether (sulfide) groups is 1. The maximum absolute atomic E-state index is 13.1. The molecule has 180 valence electrons. The average molecular weight is 498 g/mol. The minimum absolute atomic E-state index is 0.0927. The van der Waals surface area contributed by atoms with Gasteiger partial charge in [0.05, 0.1) is 24.3 Å². The van der Waals surface area contributed by atoms with Crippen LogP contribution >= 0.6 is 24.0 Å². The van der Waals surface area contributed by atoms with E-state index in [1.54, 1.807) is 6.92 Å². The zero-order chi connectivity index (χ0) is 24.0. The van der Waals surface area contributed by atoms with Crippen LogP contribution in [0.5, 0.6) is 11.5 Å². The Morgan fingerprint density at radius 3 is 2.85 bits per heavy atom. The van der Waals surface area contributed by atoms with Gasteiger partial charge in [0.25, 0.3) is 0 Å². The normalized spacial score (nSPS) is 20.4. The van der Waals surface area contributed by atoms with Crippen molar-refractivity contribution in [1.29, 1.82) is 0 Å². The van der Waals surface area contributed by atoms with Crippen LogP contribution in [0.4, 0.5) is 0 Å². The summed E-state index contributed by atoms with van der Waals surface area (Å²) in [5, 5.41) is 36.6. The van der Waals surface area contributed by atoms with Gasteiger partial charge in [0, 0.05) is 28.7 Å². The number of carbonyl (C=O) groups is 1. The smallest absolute Gasteiger partial charge is 0.339 e. The van der Waals surface area contributed by atoms with E-state index in [2.05, 4.69) is 15.5 Å². The largest absolute Gasteiger partial charge is 0.507 e. The molecular formula is C21H27N3O7S2. The first-order valence-electron chi connectivity index (χ1n) is 10.4. The van der Waals surface area contributed by atoms with Crippen molar-refractivity contribution in [3.8, 4) is 11.5 Å². The van der Waals surface area contributed by atoms with Crippen molar-refractivity contribution in [1.82, 2.24) is 15.5 Å². The molecule has 1 aromatic heterocycles. The van der Waals surface area contributed by atoms with Gasteiger partial charge in [0.2, 0.25) is 5.89 Å². The minimum atomic E-state index is -0.713. The number of fused-ring (bicyclic) bond motifs is 1. The number of aliphatic hydroxyl groups excluding tert-OH is 2. The van der Waals surface area contributed by atoms with Crippen molar-refractivity contribution in [3.63, 3.8) is 0 Å². The van der Waals surface area contributed by atoms with Crippen LogP contribution in [0.25, 0.3) is 0 Å². The molecule has 0 saturated carbocycles. The molecule has 0 radical (unpaired) electrons. The summed E-state index contributed by atoms with van der Waals surface area (Å²) in [6, 6.07) is 1.04. The van der Waals surface area contributed by atoms with E-state index in [1.165, 1.54) is 24.9 Å². The molecule has 10 nitrogen and oxygen atoms in total. The standard InChI is InChI=1S/C21H27N3O7S2/c1-11-16(29-2)6-15(27)13-9-33-10-14(20-23-17(8-26)24-31-20)22-18(32)5-3-4-12(7-25)30-21(28)19(11)13/h6,12,14,25-27H,3-5,7-10H2,1-2H3,(H,22,32)/t12-,14-/m0/s1. The number of carbonyl (C=O) groups excluding carboxylic acids is 1. The molecular weight excluding hydrogens is 470 g/mol. The Balaban J connectivity index is 1.96. The van der Waals surface area contributed by atoms with Crippen LogP contribution in [0.15, 0.2) is 10.6 Å². The second-order valence-electron chi connectivity index (χ2n) is 7.52. The molecule has 0 spiro atoms. The molecule has 1 aliphatic rings. The summed E-state index contributed by atoms with van der Waals surface area (Å²) in [4.78, 5) is 17.8. The number of aliphatic hydroxyl groups is 2. The van der Waals surface area contributed by atoms with Gasteiger partial charge in [-0.05, 0) is 26.2 Å². The van der Waals surface area contributed by atoms with Gasteiger partial charge in [-0.3, -0.25) is 0 Å². The van der Waals surface area contributed by atoms with Gasteiger partial charge in [-0.2, -0.15) is 16.7 Å². The number of nitrogens with one attached hydrogen (secondary N) is 1. The topological polar surface area (TPSA) is 147 Å². The fraction of sp³-hybridized carbons (Fsp3) is 0.524. The Bertz CT molecular complexity index is 998. The first-order valence-corrected chi connectivity index (χ1v) is 12.0. The van der Waals surface area contributed by atoms with Crippen LogP contribution in [-0.4, -0.2) is 62.0 Å². The fourth-order valence-electron chi connectivity index (χ4n) is 3.51. The van der Waals surface area contributed by atoms with Crippen LogP contribution in [0, 0.1) is 6.92 Å². The molecule has 0 bridgehead atoms. The molecule has 1 aromatic carbocycles. The number of methoxy groups -OCH3 is 1. The molecule has 1 aliphatic heterocycles. The van der Waals surface area contributed by atoms with E-state index in [-0.39, 0.29) is 42.0 Å². The van der Waals surface area contributed by atoms with E-state index in [4.69, 9.17) is 26.2 Å². The van der Waals surface area contributed by atoms with Gasteiger partial charge in [-0.1, -0.05) is 17.4 Å². The molecule has 0 aliphatic carbocycles. The van der Waals surface area contributed by atoms with E-state index < -0.39 is 18.1 Å². The van der Waals surface area contributed by atoms with Crippen molar-refractivity contribution < 1.29 is 34.1 Å². The zero-order valence-corrected chi connectivity index (χ0v) is 20.0. The number of esters is 1. The van der Waals surface area contributed by atoms with Crippen LogP contribution in [0.2, 0.25) is 0 Å². The molecule has 33 heavy (non-hydrogen) atoms. The van der Waals surface area contributed by atoms with E-state index in [1.807, 2.05) is 0 Å². The summed E-state index contributed by atoms with van der Waals surface area (Å²) in [7, 11) is 1.46. The Labute approximate surface area is 200 Å². The van der Waals surface area contributed by atoms with Gasteiger partial charge in [0.1, 0.15) is 30.3 Å². The Kier molecular flexibility index (Phi) is 8.89. The Hall–Kier alpha value is -2.41. The molecule has 0 amide bonds. The van der Waals surface area contributed by atoms with Crippen LogP contribution in [-0.2, 0) is 17.1 Å². The molecule has 4 N–H and O–H groups in total. The third kappa shape index (κ3) is 6.14. The summed E-state index contributed by atoms with van der Waals surface area (Å²) >= 11 is 6.87. The SMILES string of the molecule is COc1cc(O)c2c(c1C)C(=O)O[C@H](CO)CCCC(=S)N[C@H](c1nc(CO)no1)CSC2. The monoisotopic (exact) mass is 497 g/mol. The predicted octanol–water partition coefficient (Wildman–Crippen LogP) is 2.18. The van der Waals surface area contributed by atoms with Crippen LogP contribution in [0.3, 0.4) is 0 Å². The summed E-state index contributed by atoms with van der Waals surface area (Å²) in [5.74, 6) is 0.801. The van der Waals surface area contributed by atoms with Gasteiger partial charge in [-0.25, -0.2) is 4.79 Å². The zero-order valence-electron chi connectivity index (χ0n) is 18.4. The van der Waals surface area contributed by atoms with Gasteiger partial charge in [-0.15, -0.1) is 0 Å². The Morgan fingerprint density at radius 2 is 2.18 bits per heavy atom. The lowest BCUT2D eigenvalue weighted by Gasteiger charge is -2.22. The minimum Gasteiger partial charge on any atom is -0.507 e. The predicted molar refractivity (Wildman–Crippen MR) is 124 cm³/mol. The second-order valence-corrected chi connectivity index (χ2v) is 9.04. The maximum Gasteiger partial charge on any atom is 0.339 e. The Morgan fingerprint density at radius 1 is 1.39 bits per heavy atom. The number of ether oxygens (including phenoxy) is 2. The molecule has 2 atom stereocenters. The van der Waals surface area contributed by atoms with Crippen LogP contribution < -0.4 is 10.1 Å². The number of hydrogen-bond acceptors (Lipinski definition) is 11. The maximum atomic E-state index is 13.1. The number of aromatic nitrogens is 2. The van der Waals surface area contributed by atoms with E-state index in [9.17, 15) is 20.1 Å². The highest BCUT2D eigenvalue weighted by molar-refractivity contribution is 7.98. The molecule has 12 heteroatoms. The fourth-order valence-corrected chi connectivity index (χ4v) is 4.88. The third-order valence-corrected chi connectivity index (χ3v) is 6.63. The second kappa shape index (κ2) is 11.6. The lowest BCUT2D eigenvalue weighted by molar-refractivity contribution is 0.0108.